The maximum absolute atomic E-state index is 12.6. The van der Waals surface area contributed by atoms with Crippen molar-refractivity contribution in [3.8, 4) is 11.1 Å². The second-order valence-corrected chi connectivity index (χ2v) is 7.64. The second-order valence-electron chi connectivity index (χ2n) is 7.64. The summed E-state index contributed by atoms with van der Waals surface area (Å²) in [5.74, 6) is 0.426. The van der Waals surface area contributed by atoms with Crippen molar-refractivity contribution >= 4 is 5.91 Å². The fourth-order valence-electron chi connectivity index (χ4n) is 4.51. The molecule has 1 amide bonds. The number of piperidine rings is 1. The van der Waals surface area contributed by atoms with Crippen molar-refractivity contribution in [2.24, 2.45) is 0 Å². The summed E-state index contributed by atoms with van der Waals surface area (Å²) < 4.78 is 0. The minimum atomic E-state index is -0.0297. The van der Waals surface area contributed by atoms with Crippen LogP contribution in [0.25, 0.3) is 11.1 Å². The first-order chi connectivity index (χ1) is 13.7. The van der Waals surface area contributed by atoms with E-state index in [2.05, 4.69) is 70.7 Å². The van der Waals surface area contributed by atoms with Crippen molar-refractivity contribution < 1.29 is 4.79 Å². The number of carbonyl (C=O) groups is 1. The molecule has 1 N–H and O–H groups in total. The highest BCUT2D eigenvalue weighted by molar-refractivity contribution is 5.92. The number of hydrogen-bond donors (Lipinski definition) is 1. The van der Waals surface area contributed by atoms with Crippen LogP contribution in [0, 0.1) is 6.92 Å². The number of fused-ring (bicyclic) bond motifs is 2. The lowest BCUT2D eigenvalue weighted by atomic mass is 9.74. The zero-order valence-electron chi connectivity index (χ0n) is 15.7. The Morgan fingerprint density at radius 3 is 2.46 bits per heavy atom. The zero-order valence-corrected chi connectivity index (χ0v) is 15.7. The van der Waals surface area contributed by atoms with Crippen LogP contribution in [0.1, 0.15) is 27.5 Å². The van der Waals surface area contributed by atoms with Gasteiger partial charge in [-0.15, -0.1) is 0 Å². The molecule has 3 aromatic rings. The first kappa shape index (κ1) is 17.1. The van der Waals surface area contributed by atoms with Crippen molar-refractivity contribution in [3.05, 3.63) is 83.9 Å². The first-order valence-corrected chi connectivity index (χ1v) is 9.68. The summed E-state index contributed by atoms with van der Waals surface area (Å²) in [7, 11) is 0. The van der Waals surface area contributed by atoms with Gasteiger partial charge in [0.25, 0.3) is 5.91 Å². The van der Waals surface area contributed by atoms with Crippen LogP contribution in [0.5, 0.6) is 0 Å². The lowest BCUT2D eigenvalue weighted by Gasteiger charge is -2.54. The zero-order chi connectivity index (χ0) is 19.1. The molecule has 3 fully saturated rings. The third-order valence-corrected chi connectivity index (χ3v) is 5.95. The van der Waals surface area contributed by atoms with Gasteiger partial charge in [0.2, 0.25) is 0 Å². The fourth-order valence-corrected chi connectivity index (χ4v) is 4.51. The Labute approximate surface area is 164 Å². The summed E-state index contributed by atoms with van der Waals surface area (Å²) in [4.78, 5) is 22.7. The minimum Gasteiger partial charge on any atom is -0.334 e. The van der Waals surface area contributed by atoms with Crippen LogP contribution in [-0.4, -0.2) is 45.9 Å². The van der Waals surface area contributed by atoms with E-state index in [1.54, 1.807) is 12.4 Å². The molecule has 0 aliphatic carbocycles. The second kappa shape index (κ2) is 6.84. The van der Waals surface area contributed by atoms with Gasteiger partial charge in [0.1, 0.15) is 5.69 Å². The van der Waals surface area contributed by atoms with Crippen LogP contribution in [0.3, 0.4) is 0 Å². The topological polar surface area (TPSA) is 58.1 Å². The molecule has 3 aliphatic rings. The highest BCUT2D eigenvalue weighted by Gasteiger charge is 2.48. The van der Waals surface area contributed by atoms with E-state index >= 15 is 0 Å². The van der Waals surface area contributed by atoms with Gasteiger partial charge in [0.15, 0.2) is 0 Å². The third-order valence-electron chi connectivity index (χ3n) is 5.95. The summed E-state index contributed by atoms with van der Waals surface area (Å²) in [6.45, 7) is 3.55. The SMILES string of the molecule is Cc1ccccc1-c1ccc(C2[C@@H]3CN(C(=O)c4cnccn4)C[C@H]2N3)cc1. The molecule has 4 heterocycles. The van der Waals surface area contributed by atoms with Crippen molar-refractivity contribution in [1.29, 1.82) is 0 Å². The van der Waals surface area contributed by atoms with Gasteiger partial charge in [0, 0.05) is 43.5 Å². The highest BCUT2D eigenvalue weighted by atomic mass is 16.2. The van der Waals surface area contributed by atoms with Gasteiger partial charge in [0.05, 0.1) is 6.20 Å². The molecule has 1 aromatic heterocycles. The van der Waals surface area contributed by atoms with Gasteiger partial charge in [-0.1, -0.05) is 48.5 Å². The van der Waals surface area contributed by atoms with E-state index < -0.39 is 0 Å². The lowest BCUT2D eigenvalue weighted by molar-refractivity contribution is 0.0362. The summed E-state index contributed by atoms with van der Waals surface area (Å²) in [5, 5.41) is 3.59. The number of carbonyl (C=O) groups excluding carboxylic acids is 1. The maximum atomic E-state index is 12.6. The number of nitrogens with zero attached hydrogens (tertiary/aromatic N) is 3. The van der Waals surface area contributed by atoms with Crippen molar-refractivity contribution in [1.82, 2.24) is 20.2 Å². The van der Waals surface area contributed by atoms with Crippen LogP contribution < -0.4 is 5.32 Å². The Morgan fingerprint density at radius 1 is 1.04 bits per heavy atom. The number of nitrogens with one attached hydrogen (secondary N) is 1. The molecule has 140 valence electrons. The van der Waals surface area contributed by atoms with Gasteiger partial charge in [-0.3, -0.25) is 9.78 Å². The predicted octanol–water partition coefficient (Wildman–Crippen LogP) is 3.03. The molecule has 3 saturated heterocycles. The van der Waals surface area contributed by atoms with E-state index in [0.717, 1.165) is 0 Å². The van der Waals surface area contributed by atoms with E-state index in [-0.39, 0.29) is 5.91 Å². The van der Waals surface area contributed by atoms with E-state index in [9.17, 15) is 4.79 Å². The molecule has 0 radical (unpaired) electrons. The van der Waals surface area contributed by atoms with E-state index in [4.69, 9.17) is 0 Å². The number of rotatable bonds is 3. The Balaban J connectivity index is 1.31. The number of aromatic nitrogens is 2. The number of piperazine rings is 1. The number of amides is 1. The summed E-state index contributed by atoms with van der Waals surface area (Å²) >= 11 is 0. The predicted molar refractivity (Wildman–Crippen MR) is 108 cm³/mol. The monoisotopic (exact) mass is 370 g/mol. The fraction of sp³-hybridized carbons (Fsp3) is 0.261. The molecule has 2 aromatic carbocycles. The van der Waals surface area contributed by atoms with Crippen LogP contribution in [-0.2, 0) is 0 Å². The number of aryl methyl sites for hydroxylation is 1. The van der Waals surface area contributed by atoms with E-state index in [0.29, 0.717) is 36.8 Å². The summed E-state index contributed by atoms with van der Waals surface area (Å²) in [5.41, 5.74) is 5.58. The van der Waals surface area contributed by atoms with Gasteiger partial charge in [-0.2, -0.15) is 0 Å². The standard InChI is InChI=1S/C23H22N4O/c1-15-4-2-3-5-18(15)16-6-8-17(9-7-16)22-20-13-27(14-21(22)26-20)23(28)19-12-24-10-11-25-19/h2-12,20-22,26H,13-14H2,1H3/t20-,21+,22?. The molecule has 5 nitrogen and oxygen atoms in total. The van der Waals surface area contributed by atoms with Crippen LogP contribution >= 0.6 is 0 Å². The molecular formula is C23H22N4O. The smallest absolute Gasteiger partial charge is 0.274 e. The number of hydrogen-bond acceptors (Lipinski definition) is 4. The molecule has 0 saturated carbocycles. The van der Waals surface area contributed by atoms with Gasteiger partial charge >= 0.3 is 0 Å². The summed E-state index contributed by atoms with van der Waals surface area (Å²) in [6.07, 6.45) is 4.69. The normalized spacial score (nSPS) is 23.2. The van der Waals surface area contributed by atoms with Crippen molar-refractivity contribution in [3.63, 3.8) is 0 Å². The molecule has 0 spiro atoms. The van der Waals surface area contributed by atoms with Crippen LogP contribution in [0.15, 0.2) is 67.1 Å². The summed E-state index contributed by atoms with van der Waals surface area (Å²) in [6, 6.07) is 18.0. The molecular weight excluding hydrogens is 348 g/mol. The van der Waals surface area contributed by atoms with Crippen molar-refractivity contribution in [2.45, 2.75) is 24.9 Å². The van der Waals surface area contributed by atoms with Gasteiger partial charge in [-0.25, -0.2) is 4.98 Å². The van der Waals surface area contributed by atoms with Gasteiger partial charge < -0.3 is 10.2 Å². The van der Waals surface area contributed by atoms with E-state index in [1.807, 2.05) is 4.90 Å². The minimum absolute atomic E-state index is 0.0297. The Morgan fingerprint density at radius 2 is 1.79 bits per heavy atom. The van der Waals surface area contributed by atoms with Crippen LogP contribution in [0.2, 0.25) is 0 Å². The van der Waals surface area contributed by atoms with Crippen LogP contribution in [0.4, 0.5) is 0 Å². The Bertz CT molecular complexity index is 991. The molecule has 3 aliphatic heterocycles. The quantitative estimate of drug-likeness (QED) is 0.770. The molecule has 1 unspecified atom stereocenters. The average molecular weight is 370 g/mol. The van der Waals surface area contributed by atoms with Gasteiger partial charge in [-0.05, 0) is 29.2 Å². The number of benzene rings is 2. The molecule has 6 rings (SSSR count). The Kier molecular flexibility index (Phi) is 4.17. The molecule has 3 atom stereocenters. The third kappa shape index (κ3) is 2.88. The average Bonchev–Trinajstić information content (AvgIpc) is 2.75. The maximum Gasteiger partial charge on any atom is 0.274 e. The highest BCUT2D eigenvalue weighted by Crippen LogP contribution is 2.38. The Hall–Kier alpha value is -3.05. The largest absolute Gasteiger partial charge is 0.334 e. The molecule has 28 heavy (non-hydrogen) atoms. The first-order valence-electron chi connectivity index (χ1n) is 9.68. The lowest BCUT2D eigenvalue weighted by Crippen LogP contribution is -2.72. The molecule has 2 bridgehead atoms. The molecule has 5 heteroatoms. The van der Waals surface area contributed by atoms with E-state index in [1.165, 1.54) is 28.5 Å². The van der Waals surface area contributed by atoms with Crippen molar-refractivity contribution in [2.75, 3.05) is 13.1 Å².